The summed E-state index contributed by atoms with van der Waals surface area (Å²) in [6, 6.07) is 5.72. The summed E-state index contributed by atoms with van der Waals surface area (Å²) in [7, 11) is 0. The first-order chi connectivity index (χ1) is 9.09. The van der Waals surface area contributed by atoms with Crippen LogP contribution in [0.3, 0.4) is 0 Å². The minimum atomic E-state index is -0.784. The standard InChI is InChI=1S/C14H17N3O2/c1-9-8-17-14(16-7-3-6-12(18)19)10-4-2-5-11(15)13(9)10/h2,4-5,8H,3,6-7,15H2,1H3,(H,16,17)(H,18,19). The van der Waals surface area contributed by atoms with Crippen molar-refractivity contribution in [3.05, 3.63) is 30.0 Å². The molecule has 0 aliphatic carbocycles. The highest BCUT2D eigenvalue weighted by Crippen LogP contribution is 2.28. The monoisotopic (exact) mass is 259 g/mol. The Kier molecular flexibility index (Phi) is 3.85. The molecule has 1 aromatic heterocycles. The molecule has 0 unspecified atom stereocenters. The van der Waals surface area contributed by atoms with Gasteiger partial charge >= 0.3 is 5.97 Å². The second-order valence-corrected chi connectivity index (χ2v) is 4.48. The van der Waals surface area contributed by atoms with Gasteiger partial charge in [-0.05, 0) is 25.0 Å². The number of aryl methyl sites for hydroxylation is 1. The lowest BCUT2D eigenvalue weighted by atomic mass is 10.1. The molecule has 5 nitrogen and oxygen atoms in total. The molecular weight excluding hydrogens is 242 g/mol. The van der Waals surface area contributed by atoms with Crippen LogP contribution in [0.25, 0.3) is 10.8 Å². The van der Waals surface area contributed by atoms with E-state index in [9.17, 15) is 4.79 Å². The molecule has 0 saturated heterocycles. The summed E-state index contributed by atoms with van der Waals surface area (Å²) < 4.78 is 0. The highest BCUT2D eigenvalue weighted by Gasteiger charge is 2.07. The Bertz CT molecular complexity index is 603. The highest BCUT2D eigenvalue weighted by atomic mass is 16.4. The van der Waals surface area contributed by atoms with E-state index in [2.05, 4.69) is 10.3 Å². The first-order valence-corrected chi connectivity index (χ1v) is 6.19. The number of aromatic nitrogens is 1. The molecule has 0 aliphatic heterocycles. The largest absolute Gasteiger partial charge is 0.481 e. The van der Waals surface area contributed by atoms with Gasteiger partial charge < -0.3 is 16.2 Å². The number of anilines is 2. The first kappa shape index (κ1) is 13.1. The van der Waals surface area contributed by atoms with Crippen molar-refractivity contribution in [2.24, 2.45) is 0 Å². The van der Waals surface area contributed by atoms with Crippen molar-refractivity contribution in [1.82, 2.24) is 4.98 Å². The summed E-state index contributed by atoms with van der Waals surface area (Å²) in [5.41, 5.74) is 7.75. The number of carboxylic acid groups (broad SMARTS) is 1. The van der Waals surface area contributed by atoms with Gasteiger partial charge in [-0.15, -0.1) is 0 Å². The number of nitrogens with one attached hydrogen (secondary N) is 1. The first-order valence-electron chi connectivity index (χ1n) is 6.19. The topological polar surface area (TPSA) is 88.2 Å². The molecule has 0 saturated carbocycles. The fraction of sp³-hybridized carbons (Fsp3) is 0.286. The van der Waals surface area contributed by atoms with Crippen molar-refractivity contribution in [2.45, 2.75) is 19.8 Å². The number of hydrogen-bond acceptors (Lipinski definition) is 4. The molecule has 0 aliphatic rings. The lowest BCUT2D eigenvalue weighted by molar-refractivity contribution is -0.137. The summed E-state index contributed by atoms with van der Waals surface area (Å²) in [5, 5.41) is 13.7. The molecule has 0 radical (unpaired) electrons. The predicted octanol–water partition coefficient (Wildman–Crippen LogP) is 2.40. The fourth-order valence-corrected chi connectivity index (χ4v) is 2.09. The van der Waals surface area contributed by atoms with Crippen molar-refractivity contribution >= 4 is 28.2 Å². The van der Waals surface area contributed by atoms with Gasteiger partial charge in [0, 0.05) is 35.6 Å². The zero-order valence-corrected chi connectivity index (χ0v) is 10.8. The Morgan fingerprint density at radius 3 is 3.00 bits per heavy atom. The van der Waals surface area contributed by atoms with Gasteiger partial charge in [0.2, 0.25) is 0 Å². The summed E-state index contributed by atoms with van der Waals surface area (Å²) in [6.45, 7) is 2.55. The Morgan fingerprint density at radius 1 is 1.47 bits per heavy atom. The molecule has 1 aromatic carbocycles. The van der Waals surface area contributed by atoms with Crippen LogP contribution in [0, 0.1) is 6.92 Å². The van der Waals surface area contributed by atoms with E-state index in [1.165, 1.54) is 0 Å². The number of benzene rings is 1. The number of pyridine rings is 1. The third kappa shape index (κ3) is 2.93. The summed E-state index contributed by atoms with van der Waals surface area (Å²) >= 11 is 0. The molecule has 0 fully saturated rings. The molecular formula is C14H17N3O2. The fourth-order valence-electron chi connectivity index (χ4n) is 2.09. The van der Waals surface area contributed by atoms with E-state index in [4.69, 9.17) is 10.8 Å². The molecule has 2 aromatic rings. The summed E-state index contributed by atoms with van der Waals surface area (Å²) in [5.74, 6) is -0.0361. The minimum absolute atomic E-state index is 0.152. The number of nitrogen functional groups attached to an aromatic ring is 1. The molecule has 1 heterocycles. The van der Waals surface area contributed by atoms with Crippen LogP contribution in [-0.2, 0) is 4.79 Å². The zero-order valence-electron chi connectivity index (χ0n) is 10.8. The van der Waals surface area contributed by atoms with E-state index < -0.39 is 5.97 Å². The second-order valence-electron chi connectivity index (χ2n) is 4.48. The van der Waals surface area contributed by atoms with E-state index >= 15 is 0 Å². The van der Waals surface area contributed by atoms with Crippen LogP contribution in [-0.4, -0.2) is 22.6 Å². The van der Waals surface area contributed by atoms with Crippen LogP contribution >= 0.6 is 0 Å². The van der Waals surface area contributed by atoms with E-state index in [0.29, 0.717) is 13.0 Å². The average Bonchev–Trinajstić information content (AvgIpc) is 2.36. The lowest BCUT2D eigenvalue weighted by Gasteiger charge is -2.11. The maximum Gasteiger partial charge on any atom is 0.303 e. The van der Waals surface area contributed by atoms with Gasteiger partial charge in [-0.3, -0.25) is 4.79 Å². The van der Waals surface area contributed by atoms with Crippen LogP contribution in [0.4, 0.5) is 11.5 Å². The second kappa shape index (κ2) is 5.56. The van der Waals surface area contributed by atoms with Gasteiger partial charge in [0.25, 0.3) is 0 Å². The quantitative estimate of drug-likeness (QED) is 0.567. The number of hydrogen-bond donors (Lipinski definition) is 3. The predicted molar refractivity (Wildman–Crippen MR) is 76.3 cm³/mol. The maximum atomic E-state index is 10.5. The highest BCUT2D eigenvalue weighted by molar-refractivity contribution is 6.01. The number of carbonyl (C=O) groups is 1. The number of aliphatic carboxylic acids is 1. The van der Waals surface area contributed by atoms with Crippen LogP contribution < -0.4 is 11.1 Å². The van der Waals surface area contributed by atoms with E-state index in [1.54, 1.807) is 6.20 Å². The number of nitrogens with zero attached hydrogens (tertiary/aromatic N) is 1. The third-order valence-electron chi connectivity index (χ3n) is 2.99. The minimum Gasteiger partial charge on any atom is -0.481 e. The van der Waals surface area contributed by atoms with Crippen molar-refractivity contribution in [1.29, 1.82) is 0 Å². The van der Waals surface area contributed by atoms with Gasteiger partial charge in [-0.2, -0.15) is 0 Å². The van der Waals surface area contributed by atoms with Crippen LogP contribution in [0.15, 0.2) is 24.4 Å². The normalized spacial score (nSPS) is 10.6. The maximum absolute atomic E-state index is 10.5. The molecule has 0 bridgehead atoms. The summed E-state index contributed by atoms with van der Waals surface area (Å²) in [4.78, 5) is 14.8. The van der Waals surface area contributed by atoms with E-state index in [-0.39, 0.29) is 6.42 Å². The van der Waals surface area contributed by atoms with Crippen molar-refractivity contribution < 1.29 is 9.90 Å². The molecule has 0 atom stereocenters. The number of rotatable bonds is 5. The van der Waals surface area contributed by atoms with Crippen LogP contribution in [0.1, 0.15) is 18.4 Å². The SMILES string of the molecule is Cc1cnc(NCCCC(=O)O)c2cccc(N)c12. The van der Waals surface area contributed by atoms with Crippen LogP contribution in [0.2, 0.25) is 0 Å². The third-order valence-corrected chi connectivity index (χ3v) is 2.99. The molecule has 0 amide bonds. The van der Waals surface area contributed by atoms with Gasteiger partial charge in [0.05, 0.1) is 0 Å². The number of nitrogens with two attached hydrogens (primary N) is 1. The van der Waals surface area contributed by atoms with Gasteiger partial charge in [0.15, 0.2) is 0 Å². The molecule has 2 rings (SSSR count). The molecule has 100 valence electrons. The smallest absolute Gasteiger partial charge is 0.303 e. The van der Waals surface area contributed by atoms with Gasteiger partial charge in [-0.1, -0.05) is 12.1 Å². The number of fused-ring (bicyclic) bond motifs is 1. The Balaban J connectivity index is 2.22. The van der Waals surface area contributed by atoms with Crippen molar-refractivity contribution in [2.75, 3.05) is 17.6 Å². The van der Waals surface area contributed by atoms with E-state index in [1.807, 2.05) is 25.1 Å². The molecule has 0 spiro atoms. The van der Waals surface area contributed by atoms with Crippen molar-refractivity contribution in [3.8, 4) is 0 Å². The Labute approximate surface area is 111 Å². The van der Waals surface area contributed by atoms with Crippen molar-refractivity contribution in [3.63, 3.8) is 0 Å². The Hall–Kier alpha value is -2.30. The van der Waals surface area contributed by atoms with Gasteiger partial charge in [-0.25, -0.2) is 4.98 Å². The van der Waals surface area contributed by atoms with Crippen LogP contribution in [0.5, 0.6) is 0 Å². The molecule has 4 N–H and O–H groups in total. The average molecular weight is 259 g/mol. The number of carboxylic acids is 1. The lowest BCUT2D eigenvalue weighted by Crippen LogP contribution is -2.07. The van der Waals surface area contributed by atoms with Gasteiger partial charge in [0.1, 0.15) is 5.82 Å². The molecule has 19 heavy (non-hydrogen) atoms. The Morgan fingerprint density at radius 2 is 2.26 bits per heavy atom. The van der Waals surface area contributed by atoms with E-state index in [0.717, 1.165) is 27.8 Å². The molecule has 5 heteroatoms. The summed E-state index contributed by atoms with van der Waals surface area (Å²) in [6.07, 6.45) is 2.49. The zero-order chi connectivity index (χ0) is 13.8.